The number of carbonyl (C=O) groups is 1. The molecule has 118 valence electrons. The van der Waals surface area contributed by atoms with Gasteiger partial charge < -0.3 is 5.32 Å². The molecule has 0 fully saturated rings. The Morgan fingerprint density at radius 3 is 2.83 bits per heavy atom. The first-order valence-corrected chi connectivity index (χ1v) is 10.3. The van der Waals surface area contributed by atoms with Crippen molar-refractivity contribution >= 4 is 76.8 Å². The number of rotatable bonds is 5. The van der Waals surface area contributed by atoms with Crippen molar-refractivity contribution in [3.63, 3.8) is 0 Å². The number of amides is 1. The molecule has 1 aromatic heterocycles. The summed E-state index contributed by atoms with van der Waals surface area (Å²) in [6.07, 6.45) is 0. The number of carbonyl (C=O) groups excluding carboxylic acids is 1. The van der Waals surface area contributed by atoms with E-state index < -0.39 is 0 Å². The Bertz CT molecular complexity index is 818. The van der Waals surface area contributed by atoms with Crippen molar-refractivity contribution in [3.05, 3.63) is 56.4 Å². The molecule has 1 amide bonds. The molecule has 0 aliphatic carbocycles. The van der Waals surface area contributed by atoms with Crippen LogP contribution in [0.1, 0.15) is 5.01 Å². The molecule has 0 saturated heterocycles. The number of nitrogens with zero attached hydrogens (tertiary/aromatic N) is 1. The quantitative estimate of drug-likeness (QED) is 0.519. The van der Waals surface area contributed by atoms with Crippen LogP contribution in [0.3, 0.4) is 0 Å². The molecule has 0 unspecified atom stereocenters. The van der Waals surface area contributed by atoms with Crippen molar-refractivity contribution in [1.29, 1.82) is 0 Å². The predicted molar refractivity (Wildman–Crippen MR) is 106 cm³/mol. The van der Waals surface area contributed by atoms with E-state index in [1.807, 2.05) is 36.4 Å². The molecule has 0 aliphatic heterocycles. The number of benzene rings is 2. The second-order valence-corrected chi connectivity index (χ2v) is 8.61. The average molecular weight is 472 g/mol. The lowest BCUT2D eigenvalue weighted by Crippen LogP contribution is -2.14. The molecule has 2 aromatic carbocycles. The minimum absolute atomic E-state index is 0.0147. The Morgan fingerprint density at radius 1 is 1.22 bits per heavy atom. The van der Waals surface area contributed by atoms with E-state index >= 15 is 0 Å². The predicted octanol–water partition coefficient (Wildman–Crippen LogP) is 5.69. The van der Waals surface area contributed by atoms with E-state index in [4.69, 9.17) is 0 Å². The molecule has 0 aliphatic rings. The van der Waals surface area contributed by atoms with Gasteiger partial charge in [-0.3, -0.25) is 4.79 Å². The van der Waals surface area contributed by atoms with E-state index in [-0.39, 0.29) is 5.91 Å². The maximum Gasteiger partial charge on any atom is 0.234 e. The number of nitrogens with one attached hydrogen (secondary N) is 1. The van der Waals surface area contributed by atoms with E-state index in [2.05, 4.69) is 48.2 Å². The highest BCUT2D eigenvalue weighted by atomic mass is 79.9. The minimum atomic E-state index is -0.0147. The first kappa shape index (κ1) is 17.0. The number of hydrogen-bond donors (Lipinski definition) is 1. The van der Waals surface area contributed by atoms with Gasteiger partial charge in [0.15, 0.2) is 0 Å². The maximum atomic E-state index is 12.0. The summed E-state index contributed by atoms with van der Waals surface area (Å²) in [5.41, 5.74) is 1.80. The summed E-state index contributed by atoms with van der Waals surface area (Å²) < 4.78 is 3.01. The van der Waals surface area contributed by atoms with Gasteiger partial charge in [-0.2, -0.15) is 0 Å². The van der Waals surface area contributed by atoms with E-state index in [1.165, 1.54) is 4.70 Å². The highest BCUT2D eigenvalue weighted by Gasteiger charge is 2.08. The van der Waals surface area contributed by atoms with Crippen molar-refractivity contribution in [2.45, 2.75) is 5.75 Å². The van der Waals surface area contributed by atoms with Crippen molar-refractivity contribution in [2.24, 2.45) is 0 Å². The van der Waals surface area contributed by atoms with Crippen LogP contribution in [-0.4, -0.2) is 16.6 Å². The van der Waals surface area contributed by atoms with Crippen LogP contribution in [0.4, 0.5) is 5.69 Å². The zero-order chi connectivity index (χ0) is 16.2. The minimum Gasteiger partial charge on any atom is -0.324 e. The van der Waals surface area contributed by atoms with Crippen LogP contribution >= 0.6 is 55.0 Å². The number of thiazole rings is 1. The van der Waals surface area contributed by atoms with Gasteiger partial charge >= 0.3 is 0 Å². The van der Waals surface area contributed by atoms with Crippen LogP contribution in [-0.2, 0) is 10.5 Å². The number of aromatic nitrogens is 1. The van der Waals surface area contributed by atoms with Gasteiger partial charge in [0, 0.05) is 14.7 Å². The highest BCUT2D eigenvalue weighted by Crippen LogP contribution is 2.27. The van der Waals surface area contributed by atoms with Crippen LogP contribution in [0.15, 0.2) is 51.4 Å². The molecule has 0 spiro atoms. The van der Waals surface area contributed by atoms with Gasteiger partial charge in [-0.25, -0.2) is 4.98 Å². The molecule has 0 radical (unpaired) electrons. The van der Waals surface area contributed by atoms with Crippen LogP contribution in [0, 0.1) is 0 Å². The van der Waals surface area contributed by atoms with Gasteiger partial charge in [-0.05, 0) is 46.3 Å². The number of hydrogen-bond acceptors (Lipinski definition) is 4. The topological polar surface area (TPSA) is 42.0 Å². The lowest BCUT2D eigenvalue weighted by atomic mass is 10.3. The Kier molecular flexibility index (Phi) is 5.74. The zero-order valence-corrected chi connectivity index (χ0v) is 16.7. The van der Waals surface area contributed by atoms with Gasteiger partial charge in [0.25, 0.3) is 0 Å². The standard InChI is InChI=1S/C16H12Br2N2OS2/c17-10-5-6-12(11(18)7-10)19-15(21)8-22-9-16-20-13-3-1-2-4-14(13)23-16/h1-7H,8-9H2,(H,19,21). The lowest BCUT2D eigenvalue weighted by molar-refractivity contribution is -0.113. The molecule has 23 heavy (non-hydrogen) atoms. The highest BCUT2D eigenvalue weighted by molar-refractivity contribution is 9.11. The molecular weight excluding hydrogens is 460 g/mol. The van der Waals surface area contributed by atoms with Crippen LogP contribution in [0.5, 0.6) is 0 Å². The Labute approximate surface area is 159 Å². The molecule has 3 aromatic rings. The molecule has 7 heteroatoms. The smallest absolute Gasteiger partial charge is 0.234 e. The average Bonchev–Trinajstić information content (AvgIpc) is 2.93. The molecule has 1 N–H and O–H groups in total. The van der Waals surface area contributed by atoms with Crippen LogP contribution in [0.2, 0.25) is 0 Å². The summed E-state index contributed by atoms with van der Waals surface area (Å²) in [5.74, 6) is 1.13. The van der Waals surface area contributed by atoms with Crippen LogP contribution < -0.4 is 5.32 Å². The monoisotopic (exact) mass is 470 g/mol. The fourth-order valence-electron chi connectivity index (χ4n) is 1.99. The van der Waals surface area contributed by atoms with Crippen molar-refractivity contribution in [2.75, 3.05) is 11.1 Å². The third-order valence-electron chi connectivity index (χ3n) is 3.00. The van der Waals surface area contributed by atoms with E-state index in [0.717, 1.165) is 30.9 Å². The number of anilines is 1. The number of halogens is 2. The summed E-state index contributed by atoms with van der Waals surface area (Å²) in [6, 6.07) is 13.8. The molecule has 0 atom stereocenters. The summed E-state index contributed by atoms with van der Waals surface area (Å²) in [6.45, 7) is 0. The molecule has 0 saturated carbocycles. The van der Waals surface area contributed by atoms with E-state index in [9.17, 15) is 4.79 Å². The summed E-state index contributed by atoms with van der Waals surface area (Å²) in [4.78, 5) is 16.6. The molecular formula is C16H12Br2N2OS2. The number of para-hydroxylation sites is 1. The van der Waals surface area contributed by atoms with Gasteiger partial charge in [-0.15, -0.1) is 23.1 Å². The van der Waals surface area contributed by atoms with Gasteiger partial charge in [0.1, 0.15) is 5.01 Å². The number of thioether (sulfide) groups is 1. The first-order chi connectivity index (χ1) is 11.1. The summed E-state index contributed by atoms with van der Waals surface area (Å²) in [7, 11) is 0. The lowest BCUT2D eigenvalue weighted by Gasteiger charge is -2.07. The third kappa shape index (κ3) is 4.56. The Hall–Kier alpha value is -0.890. The van der Waals surface area contributed by atoms with Crippen LogP contribution in [0.25, 0.3) is 10.2 Å². The van der Waals surface area contributed by atoms with Gasteiger partial charge in [-0.1, -0.05) is 28.1 Å². The molecule has 0 bridgehead atoms. The summed E-state index contributed by atoms with van der Waals surface area (Å²) >= 11 is 10.1. The molecule has 3 rings (SSSR count). The Balaban J connectivity index is 1.52. The molecule has 3 nitrogen and oxygen atoms in total. The maximum absolute atomic E-state index is 12.0. The third-order valence-corrected chi connectivity index (χ3v) is 6.31. The SMILES string of the molecule is O=C(CSCc1nc2ccccc2s1)Nc1ccc(Br)cc1Br. The van der Waals surface area contributed by atoms with Gasteiger partial charge in [0.2, 0.25) is 5.91 Å². The Morgan fingerprint density at radius 2 is 2.04 bits per heavy atom. The molecule has 1 heterocycles. The van der Waals surface area contributed by atoms with Crippen molar-refractivity contribution in [1.82, 2.24) is 4.98 Å². The fraction of sp³-hybridized carbons (Fsp3) is 0.125. The first-order valence-electron chi connectivity index (χ1n) is 6.79. The largest absolute Gasteiger partial charge is 0.324 e. The van der Waals surface area contributed by atoms with Crippen molar-refractivity contribution < 1.29 is 4.79 Å². The fourth-order valence-corrected chi connectivity index (χ4v) is 4.98. The zero-order valence-electron chi connectivity index (χ0n) is 11.9. The number of fused-ring (bicyclic) bond motifs is 1. The normalized spacial score (nSPS) is 10.9. The summed E-state index contributed by atoms with van der Waals surface area (Å²) in [5, 5.41) is 3.96. The van der Waals surface area contributed by atoms with E-state index in [1.54, 1.807) is 23.1 Å². The second-order valence-electron chi connectivity index (χ2n) is 4.74. The van der Waals surface area contributed by atoms with Crippen molar-refractivity contribution in [3.8, 4) is 0 Å². The van der Waals surface area contributed by atoms with E-state index in [0.29, 0.717) is 5.75 Å². The van der Waals surface area contributed by atoms with Gasteiger partial charge in [0.05, 0.1) is 21.7 Å². The second kappa shape index (κ2) is 7.79.